The number of hydrogen-bond acceptors (Lipinski definition) is 4. The zero-order valence-electron chi connectivity index (χ0n) is 8.96. The minimum atomic E-state index is -0.276. The largest absolute Gasteiger partial charge is 0.452 e. The predicted molar refractivity (Wildman–Crippen MR) is 69.4 cm³/mol. The first-order valence-electron chi connectivity index (χ1n) is 5.24. The number of cyclic esters (lactones) is 1. The average Bonchev–Trinajstić information content (AvgIpc) is 3.01. The Balaban J connectivity index is 2.03. The van der Waals surface area contributed by atoms with Crippen LogP contribution in [-0.2, 0) is 9.53 Å². The molecule has 1 aliphatic rings. The zero-order chi connectivity index (χ0) is 11.8. The van der Waals surface area contributed by atoms with Crippen LogP contribution in [0.25, 0.3) is 0 Å². The average molecular weight is 262 g/mol. The maximum Gasteiger partial charge on any atom is 0.334 e. The van der Waals surface area contributed by atoms with E-state index >= 15 is 0 Å². The molecule has 4 heteroatoms. The van der Waals surface area contributed by atoms with Crippen molar-refractivity contribution in [2.75, 3.05) is 0 Å². The Bertz CT molecular complexity index is 540. The summed E-state index contributed by atoms with van der Waals surface area (Å²) in [6.07, 6.45) is -0.200. The van der Waals surface area contributed by atoms with Crippen LogP contribution in [0.5, 0.6) is 0 Å². The molecule has 3 heterocycles. The molecule has 86 valence electrons. The third-order valence-electron chi connectivity index (χ3n) is 2.85. The Morgan fingerprint density at radius 3 is 2.35 bits per heavy atom. The van der Waals surface area contributed by atoms with E-state index in [2.05, 4.69) is 6.58 Å². The second-order valence-electron chi connectivity index (χ2n) is 3.86. The summed E-state index contributed by atoms with van der Waals surface area (Å²) in [6, 6.07) is 7.99. The highest BCUT2D eigenvalue weighted by Gasteiger charge is 2.41. The molecule has 1 aliphatic heterocycles. The van der Waals surface area contributed by atoms with Gasteiger partial charge in [-0.05, 0) is 22.9 Å². The molecule has 2 nitrogen and oxygen atoms in total. The van der Waals surface area contributed by atoms with Gasteiger partial charge in [-0.25, -0.2) is 4.79 Å². The molecule has 0 radical (unpaired) electrons. The molecule has 0 aliphatic carbocycles. The SMILES string of the molecule is C=C1C(=O)O[C@H](c2cccs2)[C@@H]1c1cccs1. The van der Waals surface area contributed by atoms with Crippen LogP contribution in [0.2, 0.25) is 0 Å². The van der Waals surface area contributed by atoms with Gasteiger partial charge < -0.3 is 4.74 Å². The number of carbonyl (C=O) groups excluding carboxylic acids is 1. The Labute approximate surface area is 107 Å². The standard InChI is InChI=1S/C13H10O2S2/c1-8-11(9-4-2-6-16-9)12(15-13(8)14)10-5-3-7-17-10/h2-7,11-12H,1H2/t11-,12+/m0/s1. The van der Waals surface area contributed by atoms with E-state index < -0.39 is 0 Å². The van der Waals surface area contributed by atoms with Crippen molar-refractivity contribution in [3.8, 4) is 0 Å². The van der Waals surface area contributed by atoms with Crippen molar-refractivity contribution in [3.05, 3.63) is 56.9 Å². The van der Waals surface area contributed by atoms with Gasteiger partial charge in [0.15, 0.2) is 0 Å². The van der Waals surface area contributed by atoms with Crippen LogP contribution in [0, 0.1) is 0 Å². The van der Waals surface area contributed by atoms with E-state index in [1.54, 1.807) is 22.7 Å². The van der Waals surface area contributed by atoms with Gasteiger partial charge in [0.25, 0.3) is 0 Å². The van der Waals surface area contributed by atoms with E-state index in [-0.39, 0.29) is 18.0 Å². The molecule has 1 saturated heterocycles. The highest BCUT2D eigenvalue weighted by molar-refractivity contribution is 7.10. The Hall–Kier alpha value is -1.39. The molecule has 2 aromatic rings. The lowest BCUT2D eigenvalue weighted by atomic mass is 9.94. The van der Waals surface area contributed by atoms with Crippen LogP contribution in [-0.4, -0.2) is 5.97 Å². The van der Waals surface area contributed by atoms with Gasteiger partial charge in [-0.1, -0.05) is 18.7 Å². The summed E-state index contributed by atoms with van der Waals surface area (Å²) in [7, 11) is 0. The Morgan fingerprint density at radius 2 is 1.76 bits per heavy atom. The van der Waals surface area contributed by atoms with E-state index in [1.165, 1.54) is 0 Å². The number of ether oxygens (including phenoxy) is 1. The zero-order valence-corrected chi connectivity index (χ0v) is 10.6. The van der Waals surface area contributed by atoms with Crippen LogP contribution in [0.15, 0.2) is 47.2 Å². The second kappa shape index (κ2) is 4.13. The minimum absolute atomic E-state index is 0.0267. The summed E-state index contributed by atoms with van der Waals surface area (Å²) >= 11 is 3.25. The Kier molecular flexibility index (Phi) is 2.61. The minimum Gasteiger partial charge on any atom is -0.452 e. The van der Waals surface area contributed by atoms with Crippen molar-refractivity contribution >= 4 is 28.6 Å². The van der Waals surface area contributed by atoms with Crippen molar-refractivity contribution in [1.82, 2.24) is 0 Å². The molecule has 2 aromatic heterocycles. The molecule has 2 atom stereocenters. The van der Waals surface area contributed by atoms with Crippen LogP contribution in [0.3, 0.4) is 0 Å². The van der Waals surface area contributed by atoms with Gasteiger partial charge in [0.05, 0.1) is 5.92 Å². The smallest absolute Gasteiger partial charge is 0.334 e. The van der Waals surface area contributed by atoms with Gasteiger partial charge in [-0.15, -0.1) is 22.7 Å². The highest BCUT2D eigenvalue weighted by atomic mass is 32.1. The van der Waals surface area contributed by atoms with Crippen molar-refractivity contribution < 1.29 is 9.53 Å². The number of rotatable bonds is 2. The molecular formula is C13H10O2S2. The van der Waals surface area contributed by atoms with E-state index in [0.717, 1.165) is 9.75 Å². The summed E-state index contributed by atoms with van der Waals surface area (Å²) in [5.41, 5.74) is 0.561. The van der Waals surface area contributed by atoms with Gasteiger partial charge in [0.2, 0.25) is 0 Å². The first-order chi connectivity index (χ1) is 8.27. The van der Waals surface area contributed by atoms with E-state index in [4.69, 9.17) is 4.74 Å². The highest BCUT2D eigenvalue weighted by Crippen LogP contribution is 2.47. The first kappa shape index (κ1) is 10.7. The summed E-state index contributed by atoms with van der Waals surface area (Å²) in [5, 5.41) is 4.01. The number of esters is 1. The summed E-state index contributed by atoms with van der Waals surface area (Å²) in [6.45, 7) is 3.87. The molecule has 0 bridgehead atoms. The second-order valence-corrected chi connectivity index (χ2v) is 5.82. The van der Waals surface area contributed by atoms with Gasteiger partial charge in [-0.3, -0.25) is 0 Å². The van der Waals surface area contributed by atoms with E-state index in [0.29, 0.717) is 5.57 Å². The van der Waals surface area contributed by atoms with Crippen LogP contribution in [0.1, 0.15) is 21.8 Å². The molecule has 1 fully saturated rings. The van der Waals surface area contributed by atoms with Crippen molar-refractivity contribution in [2.45, 2.75) is 12.0 Å². The maximum absolute atomic E-state index is 11.7. The van der Waals surface area contributed by atoms with Crippen LogP contribution in [0.4, 0.5) is 0 Å². The normalized spacial score (nSPS) is 24.0. The topological polar surface area (TPSA) is 26.3 Å². The van der Waals surface area contributed by atoms with Crippen molar-refractivity contribution in [3.63, 3.8) is 0 Å². The summed E-state index contributed by atoms with van der Waals surface area (Å²) < 4.78 is 5.43. The fourth-order valence-corrected chi connectivity index (χ4v) is 3.71. The summed E-state index contributed by atoms with van der Waals surface area (Å²) in [4.78, 5) is 13.9. The fraction of sp³-hybridized carbons (Fsp3) is 0.154. The van der Waals surface area contributed by atoms with Gasteiger partial charge in [-0.2, -0.15) is 0 Å². The molecule has 0 N–H and O–H groups in total. The third-order valence-corrected chi connectivity index (χ3v) is 4.74. The van der Waals surface area contributed by atoms with Crippen molar-refractivity contribution in [1.29, 1.82) is 0 Å². The van der Waals surface area contributed by atoms with E-state index in [9.17, 15) is 4.79 Å². The van der Waals surface area contributed by atoms with Gasteiger partial charge in [0.1, 0.15) is 6.10 Å². The third kappa shape index (κ3) is 1.73. The van der Waals surface area contributed by atoms with Gasteiger partial charge >= 0.3 is 5.97 Å². The molecule has 0 aromatic carbocycles. The lowest BCUT2D eigenvalue weighted by Crippen LogP contribution is -2.03. The Morgan fingerprint density at radius 1 is 1.12 bits per heavy atom. The molecule has 3 rings (SSSR count). The quantitative estimate of drug-likeness (QED) is 0.608. The summed E-state index contributed by atoms with van der Waals surface area (Å²) in [5.74, 6) is -0.303. The molecule has 0 amide bonds. The van der Waals surface area contributed by atoms with E-state index in [1.807, 2.05) is 35.0 Å². The molecule has 0 spiro atoms. The fourth-order valence-electron chi connectivity index (χ4n) is 2.03. The first-order valence-corrected chi connectivity index (χ1v) is 7.00. The molecular weight excluding hydrogens is 252 g/mol. The lowest BCUT2D eigenvalue weighted by Gasteiger charge is -2.14. The number of hydrogen-bond donors (Lipinski definition) is 0. The molecule has 17 heavy (non-hydrogen) atoms. The predicted octanol–water partition coefficient (Wildman–Crippen LogP) is 3.75. The van der Waals surface area contributed by atoms with Crippen LogP contribution < -0.4 is 0 Å². The number of carbonyl (C=O) groups is 1. The molecule has 0 saturated carbocycles. The monoisotopic (exact) mass is 262 g/mol. The van der Waals surface area contributed by atoms with Crippen molar-refractivity contribution in [2.24, 2.45) is 0 Å². The van der Waals surface area contributed by atoms with Crippen LogP contribution >= 0.6 is 22.7 Å². The molecule has 0 unspecified atom stereocenters. The maximum atomic E-state index is 11.7. The number of thiophene rings is 2. The lowest BCUT2D eigenvalue weighted by molar-refractivity contribution is -0.139. The van der Waals surface area contributed by atoms with Gasteiger partial charge in [0, 0.05) is 15.3 Å².